The van der Waals surface area contributed by atoms with Gasteiger partial charge in [-0.3, -0.25) is 0 Å². The van der Waals surface area contributed by atoms with Crippen molar-refractivity contribution in [3.05, 3.63) is 29.2 Å². The lowest BCUT2D eigenvalue weighted by atomic mass is 9.95. The molecule has 1 aromatic carbocycles. The van der Waals surface area contributed by atoms with Gasteiger partial charge in [0.25, 0.3) is 0 Å². The van der Waals surface area contributed by atoms with Gasteiger partial charge < -0.3 is 10.4 Å². The number of carbonyl (C=O) groups is 1. The highest BCUT2D eigenvalue weighted by Crippen LogP contribution is 2.36. The third-order valence-electron chi connectivity index (χ3n) is 3.00. The van der Waals surface area contributed by atoms with Gasteiger partial charge in [0, 0.05) is 0 Å². The van der Waals surface area contributed by atoms with Crippen LogP contribution in [-0.4, -0.2) is 26.5 Å². The van der Waals surface area contributed by atoms with Crippen LogP contribution in [0.25, 0.3) is 10.2 Å². The molecule has 0 spiro atoms. The van der Waals surface area contributed by atoms with Crippen LogP contribution in [0.2, 0.25) is 0 Å². The predicted molar refractivity (Wildman–Crippen MR) is 82.5 cm³/mol. The Morgan fingerprint density at radius 3 is 2.65 bits per heavy atom. The number of rotatable bonds is 5. The lowest BCUT2D eigenvalue weighted by molar-refractivity contribution is -0.140. The van der Waals surface area contributed by atoms with E-state index in [1.54, 1.807) is 0 Å². The Balaban J connectivity index is 2.42. The second kappa shape index (κ2) is 5.02. The topological polar surface area (TPSA) is 91.7 Å². The molecule has 1 atom stereocenters. The van der Waals surface area contributed by atoms with Crippen molar-refractivity contribution in [2.75, 3.05) is 5.32 Å². The highest BCUT2D eigenvalue weighted by molar-refractivity contribution is 7.83. The maximum Gasteiger partial charge on any atom is 0.342 e. The van der Waals surface area contributed by atoms with Gasteiger partial charge in [-0.1, -0.05) is 28.6 Å². The first-order chi connectivity index (χ1) is 9.30. The number of nitrogens with zero attached hydrogens (tertiary/aromatic N) is 2. The molecule has 1 aromatic heterocycles. The molecule has 0 saturated heterocycles. The number of nitroso groups, excluding NO2 is 1. The number of thiazole rings is 1. The Kier molecular flexibility index (Phi) is 3.70. The van der Waals surface area contributed by atoms with Crippen molar-refractivity contribution in [2.24, 2.45) is 5.18 Å². The molecule has 0 radical (unpaired) electrons. The van der Waals surface area contributed by atoms with E-state index in [2.05, 4.69) is 28.1 Å². The van der Waals surface area contributed by atoms with Gasteiger partial charge in [0.05, 0.1) is 10.2 Å². The molecule has 20 heavy (non-hydrogen) atoms. The molecule has 0 aliphatic carbocycles. The first-order valence-electron chi connectivity index (χ1n) is 5.74. The highest BCUT2D eigenvalue weighted by Gasteiger charge is 2.51. The predicted octanol–water partition coefficient (Wildman–Crippen LogP) is 2.96. The number of aromatic nitrogens is 1. The quantitative estimate of drug-likeness (QED) is 0.448. The minimum Gasteiger partial charge on any atom is -0.479 e. The van der Waals surface area contributed by atoms with Crippen molar-refractivity contribution in [3.8, 4) is 0 Å². The fraction of sp³-hybridized carbons (Fsp3) is 0.333. The average molecular weight is 311 g/mol. The summed E-state index contributed by atoms with van der Waals surface area (Å²) in [5.41, 5.74) is -0.710. The van der Waals surface area contributed by atoms with Crippen molar-refractivity contribution in [1.82, 2.24) is 4.98 Å². The summed E-state index contributed by atoms with van der Waals surface area (Å²) >= 11 is 5.42. The van der Waals surface area contributed by atoms with Gasteiger partial charge in [0.2, 0.25) is 4.87 Å². The van der Waals surface area contributed by atoms with E-state index in [0.29, 0.717) is 5.13 Å². The van der Waals surface area contributed by atoms with Gasteiger partial charge >= 0.3 is 5.97 Å². The number of fused-ring (bicyclic) bond motifs is 1. The molecule has 6 nitrogen and oxygen atoms in total. The summed E-state index contributed by atoms with van der Waals surface area (Å²) in [4.78, 5) is 24.8. The molecule has 0 fully saturated rings. The zero-order chi connectivity index (χ0) is 15.0. The number of carboxylic acids is 1. The molecule has 2 N–H and O–H groups in total. The van der Waals surface area contributed by atoms with E-state index in [-0.39, 0.29) is 0 Å². The Labute approximate surface area is 124 Å². The maximum absolute atomic E-state index is 11.5. The molecule has 0 bridgehead atoms. The Bertz CT molecular complexity index is 638. The molecule has 2 aromatic rings. The van der Waals surface area contributed by atoms with Gasteiger partial charge in [0.15, 0.2) is 5.13 Å². The Hall–Kier alpha value is -1.67. The monoisotopic (exact) mass is 311 g/mol. The van der Waals surface area contributed by atoms with Crippen LogP contribution in [-0.2, 0) is 4.79 Å². The number of aliphatic carboxylic acids is 1. The van der Waals surface area contributed by atoms with E-state index >= 15 is 0 Å². The summed E-state index contributed by atoms with van der Waals surface area (Å²) in [5.74, 6) is -1.29. The van der Waals surface area contributed by atoms with Gasteiger partial charge in [0.1, 0.15) is 5.54 Å². The van der Waals surface area contributed by atoms with Crippen molar-refractivity contribution in [1.29, 1.82) is 0 Å². The van der Waals surface area contributed by atoms with Crippen LogP contribution in [0, 0.1) is 4.91 Å². The molecule has 0 saturated carbocycles. The van der Waals surface area contributed by atoms with Crippen molar-refractivity contribution in [2.45, 2.75) is 24.3 Å². The molecule has 0 aliphatic rings. The third-order valence-corrected chi connectivity index (χ3v) is 4.81. The van der Waals surface area contributed by atoms with Crippen LogP contribution in [0.15, 0.2) is 29.4 Å². The van der Waals surface area contributed by atoms with E-state index in [1.165, 1.54) is 25.2 Å². The SMILES string of the molecule is CC(C)(N=O)C(S)(Nc1nc2ccccc2s1)C(=O)O. The van der Waals surface area contributed by atoms with Crippen LogP contribution in [0.5, 0.6) is 0 Å². The molecule has 106 valence electrons. The number of nitrogens with one attached hydrogen (secondary N) is 1. The summed E-state index contributed by atoms with van der Waals surface area (Å²) in [6.07, 6.45) is 0. The highest BCUT2D eigenvalue weighted by atomic mass is 32.1. The van der Waals surface area contributed by atoms with E-state index in [9.17, 15) is 14.8 Å². The molecule has 0 aliphatic heterocycles. The lowest BCUT2D eigenvalue weighted by Crippen LogP contribution is -2.56. The van der Waals surface area contributed by atoms with Gasteiger partial charge in [-0.25, -0.2) is 9.78 Å². The summed E-state index contributed by atoms with van der Waals surface area (Å²) in [6.45, 7) is 2.81. The second-order valence-corrected chi connectivity index (χ2v) is 6.48. The Morgan fingerprint density at radius 1 is 1.45 bits per heavy atom. The summed E-state index contributed by atoms with van der Waals surface area (Å²) in [7, 11) is 0. The minimum atomic E-state index is -1.84. The zero-order valence-corrected chi connectivity index (χ0v) is 12.5. The molecular formula is C12H13N3O3S2. The number of anilines is 1. The molecular weight excluding hydrogens is 298 g/mol. The van der Waals surface area contributed by atoms with Crippen molar-refractivity contribution in [3.63, 3.8) is 0 Å². The fourth-order valence-corrected chi connectivity index (χ4v) is 2.76. The molecule has 2 rings (SSSR count). The number of carboxylic acid groups (broad SMARTS) is 1. The van der Waals surface area contributed by atoms with Crippen LogP contribution >= 0.6 is 24.0 Å². The van der Waals surface area contributed by atoms with E-state index in [1.807, 2.05) is 24.3 Å². The first kappa shape index (κ1) is 14.7. The lowest BCUT2D eigenvalue weighted by Gasteiger charge is -2.34. The average Bonchev–Trinajstić information content (AvgIpc) is 2.80. The normalized spacial score (nSPS) is 14.8. The van der Waals surface area contributed by atoms with E-state index < -0.39 is 16.4 Å². The molecule has 0 amide bonds. The van der Waals surface area contributed by atoms with E-state index in [0.717, 1.165) is 10.2 Å². The van der Waals surface area contributed by atoms with Crippen LogP contribution < -0.4 is 5.32 Å². The maximum atomic E-state index is 11.5. The van der Waals surface area contributed by atoms with Gasteiger partial charge in [-0.2, -0.15) is 4.91 Å². The Morgan fingerprint density at radius 2 is 2.10 bits per heavy atom. The standard InChI is InChI=1S/C12H13N3O3S2/c1-11(2,15-18)12(19,9(16)17)14-10-13-7-5-3-4-6-8(7)20-10/h3-6,19H,1-2H3,(H,13,14)(H,16,17). The number of benzene rings is 1. The third kappa shape index (κ3) is 2.36. The molecule has 8 heteroatoms. The van der Waals surface area contributed by atoms with Crippen molar-refractivity contribution < 1.29 is 9.90 Å². The summed E-state index contributed by atoms with van der Waals surface area (Å²) in [5, 5.41) is 15.3. The molecule has 1 heterocycles. The number of hydrogen-bond donors (Lipinski definition) is 3. The van der Waals surface area contributed by atoms with Gasteiger partial charge in [-0.05, 0) is 26.0 Å². The van der Waals surface area contributed by atoms with Crippen LogP contribution in [0.3, 0.4) is 0 Å². The number of hydrogen-bond acceptors (Lipinski definition) is 7. The number of para-hydroxylation sites is 1. The van der Waals surface area contributed by atoms with Crippen LogP contribution in [0.4, 0.5) is 5.13 Å². The molecule has 1 unspecified atom stereocenters. The van der Waals surface area contributed by atoms with E-state index in [4.69, 9.17) is 0 Å². The second-order valence-electron chi connectivity index (χ2n) is 4.78. The fourth-order valence-electron chi connectivity index (χ4n) is 1.61. The van der Waals surface area contributed by atoms with Crippen molar-refractivity contribution >= 4 is 45.3 Å². The first-order valence-corrected chi connectivity index (χ1v) is 7.00. The summed E-state index contributed by atoms with van der Waals surface area (Å²) < 4.78 is 0.910. The largest absolute Gasteiger partial charge is 0.479 e. The summed E-state index contributed by atoms with van der Waals surface area (Å²) in [6, 6.07) is 7.41. The van der Waals surface area contributed by atoms with Crippen LogP contribution in [0.1, 0.15) is 13.8 Å². The zero-order valence-electron chi connectivity index (χ0n) is 10.8. The minimum absolute atomic E-state index is 0.375. The smallest absolute Gasteiger partial charge is 0.342 e. The number of thiol groups is 1. The van der Waals surface area contributed by atoms with Gasteiger partial charge in [-0.15, -0.1) is 12.6 Å².